The zero-order chi connectivity index (χ0) is 22.0. The van der Waals surface area contributed by atoms with E-state index >= 15 is 0 Å². The highest BCUT2D eigenvalue weighted by Gasteiger charge is 2.44. The van der Waals surface area contributed by atoms with Crippen LogP contribution in [0.1, 0.15) is 35.8 Å². The zero-order valence-corrected chi connectivity index (χ0v) is 18.2. The van der Waals surface area contributed by atoms with Gasteiger partial charge in [0.25, 0.3) is 5.91 Å². The third kappa shape index (κ3) is 3.72. The first-order chi connectivity index (χ1) is 15.7. The van der Waals surface area contributed by atoms with Crippen molar-refractivity contribution in [2.75, 3.05) is 23.7 Å². The Morgan fingerprint density at radius 2 is 1.91 bits per heavy atom. The number of nitrogens with one attached hydrogen (secondary N) is 2. The number of hydrogen-bond donors (Lipinski definition) is 2. The van der Waals surface area contributed by atoms with Crippen LogP contribution in [0.3, 0.4) is 0 Å². The molecule has 1 amide bonds. The number of nitrogens with zero attached hydrogens (tertiary/aromatic N) is 5. The number of carbonyl (C=O) groups is 1. The summed E-state index contributed by atoms with van der Waals surface area (Å²) in [5, 5.41) is 11.4. The molecule has 32 heavy (non-hydrogen) atoms. The summed E-state index contributed by atoms with van der Waals surface area (Å²) in [6.45, 7) is 4.54. The van der Waals surface area contributed by atoms with E-state index in [1.165, 1.54) is 0 Å². The minimum absolute atomic E-state index is 0.0350. The van der Waals surface area contributed by atoms with Gasteiger partial charge in [0.15, 0.2) is 5.82 Å². The smallest absolute Gasteiger partial charge is 0.272 e. The van der Waals surface area contributed by atoms with Gasteiger partial charge >= 0.3 is 0 Å². The van der Waals surface area contributed by atoms with E-state index in [9.17, 15) is 4.79 Å². The number of rotatable bonds is 4. The third-order valence-electron chi connectivity index (χ3n) is 6.27. The van der Waals surface area contributed by atoms with Gasteiger partial charge in [0.2, 0.25) is 0 Å². The molecule has 1 spiro atoms. The van der Waals surface area contributed by atoms with Crippen molar-refractivity contribution in [2.45, 2.75) is 38.4 Å². The van der Waals surface area contributed by atoms with E-state index < -0.39 is 0 Å². The van der Waals surface area contributed by atoms with Crippen molar-refractivity contribution in [3.63, 3.8) is 0 Å². The van der Waals surface area contributed by atoms with E-state index in [-0.39, 0.29) is 11.4 Å². The number of carbonyl (C=O) groups excluding carboxylic acids is 1. The van der Waals surface area contributed by atoms with E-state index in [4.69, 9.17) is 4.99 Å². The van der Waals surface area contributed by atoms with Crippen molar-refractivity contribution in [2.24, 2.45) is 4.99 Å². The van der Waals surface area contributed by atoms with Crippen LogP contribution in [0, 0.1) is 0 Å². The average Bonchev–Trinajstić information content (AvgIpc) is 3.32. The lowest BCUT2D eigenvalue weighted by atomic mass is 9.84. The lowest BCUT2D eigenvalue weighted by Crippen LogP contribution is -2.59. The lowest BCUT2D eigenvalue weighted by molar-refractivity contribution is 0.0692. The summed E-state index contributed by atoms with van der Waals surface area (Å²) in [5.41, 5.74) is 2.41. The van der Waals surface area contributed by atoms with Crippen molar-refractivity contribution in [3.8, 4) is 0 Å². The number of amides is 1. The van der Waals surface area contributed by atoms with Gasteiger partial charge in [-0.1, -0.05) is 30.3 Å². The van der Waals surface area contributed by atoms with Crippen LogP contribution in [0.2, 0.25) is 0 Å². The van der Waals surface area contributed by atoms with Crippen molar-refractivity contribution >= 4 is 23.2 Å². The summed E-state index contributed by atoms with van der Waals surface area (Å²) < 4.78 is 1.75. The van der Waals surface area contributed by atoms with Crippen molar-refractivity contribution < 1.29 is 4.79 Å². The Morgan fingerprint density at radius 3 is 2.69 bits per heavy atom. The predicted octanol–water partition coefficient (Wildman–Crippen LogP) is 3.41. The maximum absolute atomic E-state index is 13.1. The molecule has 0 aliphatic carbocycles. The maximum Gasteiger partial charge on any atom is 0.272 e. The topological polar surface area (TPSA) is 87.4 Å². The molecular weight excluding hydrogens is 402 g/mol. The second kappa shape index (κ2) is 8.45. The van der Waals surface area contributed by atoms with Gasteiger partial charge in [0, 0.05) is 32.0 Å². The summed E-state index contributed by atoms with van der Waals surface area (Å²) in [4.78, 5) is 24.4. The SMILES string of the molecule is CCn1nccc1C(=O)N1CCC2(CC1)Nc1cccnc1NC2=NCc1ccccc1. The van der Waals surface area contributed by atoms with Gasteiger partial charge in [-0.25, -0.2) is 4.98 Å². The Hall–Kier alpha value is -3.68. The number of aliphatic imine (C=N–C) groups is 1. The highest BCUT2D eigenvalue weighted by Crippen LogP contribution is 2.36. The van der Waals surface area contributed by atoms with Crippen LogP contribution >= 0.6 is 0 Å². The largest absolute Gasteiger partial charge is 0.370 e. The van der Waals surface area contributed by atoms with Gasteiger partial charge < -0.3 is 15.5 Å². The molecule has 2 aliphatic rings. The number of amidine groups is 1. The molecule has 0 radical (unpaired) electrons. The highest BCUT2D eigenvalue weighted by atomic mass is 16.2. The minimum atomic E-state index is -0.355. The molecule has 2 N–H and O–H groups in total. The number of aryl methyl sites for hydroxylation is 1. The Balaban J connectivity index is 1.39. The summed E-state index contributed by atoms with van der Waals surface area (Å²) >= 11 is 0. The standard InChI is InChI=1S/C24H27N7O/c1-2-31-20(10-14-27-31)22(32)30-15-11-24(12-16-30)23(26-17-18-7-4-3-5-8-18)28-21-19(29-24)9-6-13-25-21/h3-10,13-14,29H,2,11-12,15-17H2,1H3,(H,25,26,28). The van der Waals surface area contributed by atoms with E-state index in [1.54, 1.807) is 23.1 Å². The molecule has 1 saturated heterocycles. The van der Waals surface area contributed by atoms with Gasteiger partial charge in [-0.2, -0.15) is 5.10 Å². The third-order valence-corrected chi connectivity index (χ3v) is 6.27. The molecule has 0 atom stereocenters. The lowest BCUT2D eigenvalue weighted by Gasteiger charge is -2.46. The van der Waals surface area contributed by atoms with Crippen LogP contribution in [0.25, 0.3) is 0 Å². The molecular formula is C24H27N7O. The highest BCUT2D eigenvalue weighted by molar-refractivity contribution is 6.08. The Kier molecular flexibility index (Phi) is 5.34. The number of hydrogen-bond acceptors (Lipinski definition) is 5. The van der Waals surface area contributed by atoms with Crippen molar-refractivity contribution in [3.05, 3.63) is 72.2 Å². The van der Waals surface area contributed by atoms with Crippen LogP contribution in [0.5, 0.6) is 0 Å². The summed E-state index contributed by atoms with van der Waals surface area (Å²) in [7, 11) is 0. The quantitative estimate of drug-likeness (QED) is 0.664. The number of fused-ring (bicyclic) bond motifs is 1. The summed E-state index contributed by atoms with van der Waals surface area (Å²) in [5.74, 6) is 1.71. The van der Waals surface area contributed by atoms with Crippen LogP contribution in [-0.2, 0) is 13.1 Å². The van der Waals surface area contributed by atoms with Gasteiger partial charge in [-0.05, 0) is 43.5 Å². The normalized spacial score (nSPS) is 18.2. The fourth-order valence-electron chi connectivity index (χ4n) is 4.48. The van der Waals surface area contributed by atoms with E-state index in [1.807, 2.05) is 42.2 Å². The second-order valence-electron chi connectivity index (χ2n) is 8.21. The number of anilines is 2. The van der Waals surface area contributed by atoms with Crippen LogP contribution in [0.15, 0.2) is 65.9 Å². The second-order valence-corrected chi connectivity index (χ2v) is 8.21. The average molecular weight is 430 g/mol. The monoisotopic (exact) mass is 429 g/mol. The molecule has 5 rings (SSSR count). The van der Waals surface area contributed by atoms with E-state index in [0.717, 1.165) is 35.7 Å². The molecule has 8 heteroatoms. The van der Waals surface area contributed by atoms with Gasteiger partial charge in [-0.15, -0.1) is 0 Å². The van der Waals surface area contributed by atoms with Gasteiger partial charge in [0.05, 0.1) is 17.8 Å². The Morgan fingerprint density at radius 1 is 1.09 bits per heavy atom. The predicted molar refractivity (Wildman–Crippen MR) is 125 cm³/mol. The summed E-state index contributed by atoms with van der Waals surface area (Å²) in [6.07, 6.45) is 4.98. The first-order valence-electron chi connectivity index (χ1n) is 11.1. The molecule has 0 unspecified atom stereocenters. The van der Waals surface area contributed by atoms with Crippen LogP contribution < -0.4 is 10.6 Å². The molecule has 8 nitrogen and oxygen atoms in total. The fourth-order valence-corrected chi connectivity index (χ4v) is 4.48. The molecule has 0 saturated carbocycles. The minimum Gasteiger partial charge on any atom is -0.370 e. The Bertz CT molecular complexity index is 1130. The molecule has 2 aliphatic heterocycles. The number of piperidine rings is 1. The Labute approximate surface area is 187 Å². The summed E-state index contributed by atoms with van der Waals surface area (Å²) in [6, 6.07) is 16.0. The molecule has 1 aromatic carbocycles. The molecule has 164 valence electrons. The molecule has 3 aromatic rings. The number of likely N-dealkylation sites (tertiary alicyclic amines) is 1. The number of aromatic nitrogens is 3. The molecule has 1 fully saturated rings. The number of pyridine rings is 1. The van der Waals surface area contributed by atoms with Crippen molar-refractivity contribution in [1.82, 2.24) is 19.7 Å². The van der Waals surface area contributed by atoms with Crippen LogP contribution in [0.4, 0.5) is 11.5 Å². The van der Waals surface area contributed by atoms with Gasteiger partial charge in [-0.3, -0.25) is 14.5 Å². The molecule has 0 bridgehead atoms. The first-order valence-corrected chi connectivity index (χ1v) is 11.1. The zero-order valence-electron chi connectivity index (χ0n) is 18.2. The maximum atomic E-state index is 13.1. The van der Waals surface area contributed by atoms with E-state index in [2.05, 4.69) is 32.8 Å². The van der Waals surface area contributed by atoms with Crippen molar-refractivity contribution in [1.29, 1.82) is 0 Å². The fraction of sp³-hybridized carbons (Fsp3) is 0.333. The molecule has 4 heterocycles. The van der Waals surface area contributed by atoms with Crippen LogP contribution in [-0.4, -0.2) is 50.0 Å². The number of benzene rings is 1. The first kappa shape index (κ1) is 20.2. The molecule has 2 aromatic heterocycles. The van der Waals surface area contributed by atoms with E-state index in [0.29, 0.717) is 31.9 Å². The van der Waals surface area contributed by atoms with Gasteiger partial charge in [0.1, 0.15) is 11.5 Å².